The van der Waals surface area contributed by atoms with Gasteiger partial charge in [-0.3, -0.25) is 14.2 Å². The average Bonchev–Trinajstić information content (AvgIpc) is 3.40. The number of aromatic amines is 1. The summed E-state index contributed by atoms with van der Waals surface area (Å²) in [7, 11) is 0.337. The Hall–Kier alpha value is -4.55. The molecular formula is C27H24ClN5O6S. The van der Waals surface area contributed by atoms with E-state index in [2.05, 4.69) is 20.7 Å². The number of rotatable bonds is 8. The smallest absolute Gasteiger partial charge is 0.265 e. The molecule has 2 N–H and O–H groups in total. The first kappa shape index (κ1) is 27.0. The minimum atomic E-state index is -4.12. The number of fused-ring (bicyclic) bond motifs is 3. The molecule has 13 heteroatoms. The molecule has 0 bridgehead atoms. The van der Waals surface area contributed by atoms with E-state index < -0.39 is 22.5 Å². The quantitative estimate of drug-likeness (QED) is 0.236. The predicted molar refractivity (Wildman–Crippen MR) is 151 cm³/mol. The Morgan fingerprint density at radius 1 is 1.05 bits per heavy atom. The molecule has 4 aromatic rings. The van der Waals surface area contributed by atoms with Crippen LogP contribution in [0.1, 0.15) is 5.56 Å². The molecule has 0 radical (unpaired) electrons. The number of methoxy groups -OCH3 is 3. The topological polar surface area (TPSA) is 135 Å². The molecule has 206 valence electrons. The maximum Gasteiger partial charge on any atom is 0.265 e. The molecule has 0 aliphatic carbocycles. The maximum absolute atomic E-state index is 13.7. The minimum Gasteiger partial charge on any atom is -0.493 e. The molecular weight excluding hydrogens is 558 g/mol. The summed E-state index contributed by atoms with van der Waals surface area (Å²) in [6.45, 7) is -0.552. The third kappa shape index (κ3) is 4.82. The highest BCUT2D eigenvalue weighted by Crippen LogP contribution is 2.46. The summed E-state index contributed by atoms with van der Waals surface area (Å²) >= 11 is 6.19. The van der Waals surface area contributed by atoms with E-state index in [1.807, 2.05) is 0 Å². The SMILES string of the molecule is COc1cc(/C=N/NC(=O)CN2c3c(-c4cccc(Cl)c4)n[nH]c3-c3ccccc3S2(=O)=O)cc(OC)c1OC. The van der Waals surface area contributed by atoms with E-state index in [1.54, 1.807) is 54.6 Å². The number of carbonyl (C=O) groups is 1. The van der Waals surface area contributed by atoms with Crippen molar-refractivity contribution in [2.24, 2.45) is 5.10 Å². The minimum absolute atomic E-state index is 0.0533. The zero-order chi connectivity index (χ0) is 28.4. The fourth-order valence-electron chi connectivity index (χ4n) is 4.43. The van der Waals surface area contributed by atoms with Crippen LogP contribution in [0.3, 0.4) is 0 Å². The highest BCUT2D eigenvalue weighted by molar-refractivity contribution is 7.93. The normalized spacial score (nSPS) is 13.4. The molecule has 5 rings (SSSR count). The molecule has 0 saturated carbocycles. The van der Waals surface area contributed by atoms with Crippen molar-refractivity contribution in [3.8, 4) is 39.8 Å². The predicted octanol–water partition coefficient (Wildman–Crippen LogP) is 4.08. The summed E-state index contributed by atoms with van der Waals surface area (Å²) in [5.74, 6) is 0.562. The van der Waals surface area contributed by atoms with Crippen molar-refractivity contribution in [2.45, 2.75) is 4.90 Å². The van der Waals surface area contributed by atoms with Gasteiger partial charge < -0.3 is 14.2 Å². The van der Waals surface area contributed by atoms with Gasteiger partial charge in [-0.2, -0.15) is 10.2 Å². The second kappa shape index (κ2) is 10.9. The van der Waals surface area contributed by atoms with Crippen LogP contribution >= 0.6 is 11.6 Å². The zero-order valence-electron chi connectivity index (χ0n) is 21.6. The molecule has 1 amide bonds. The number of halogens is 1. The van der Waals surface area contributed by atoms with Crippen molar-refractivity contribution in [3.63, 3.8) is 0 Å². The third-order valence-electron chi connectivity index (χ3n) is 6.19. The van der Waals surface area contributed by atoms with E-state index in [9.17, 15) is 13.2 Å². The highest BCUT2D eigenvalue weighted by atomic mass is 35.5. The van der Waals surface area contributed by atoms with Crippen LogP contribution < -0.4 is 23.9 Å². The summed E-state index contributed by atoms with van der Waals surface area (Å²) in [5.41, 5.74) is 5.03. The molecule has 0 unspecified atom stereocenters. The molecule has 40 heavy (non-hydrogen) atoms. The number of H-pyrrole nitrogens is 1. The average molecular weight is 582 g/mol. The van der Waals surface area contributed by atoms with Crippen LogP contribution in [0.5, 0.6) is 17.2 Å². The molecule has 1 aromatic heterocycles. The van der Waals surface area contributed by atoms with Crippen LogP contribution in [-0.2, 0) is 14.8 Å². The van der Waals surface area contributed by atoms with E-state index >= 15 is 0 Å². The van der Waals surface area contributed by atoms with Crippen molar-refractivity contribution in [3.05, 3.63) is 71.2 Å². The molecule has 0 fully saturated rings. The van der Waals surface area contributed by atoms with Crippen LogP contribution in [0.2, 0.25) is 5.02 Å². The lowest BCUT2D eigenvalue weighted by atomic mass is 10.1. The lowest BCUT2D eigenvalue weighted by Crippen LogP contribution is -2.41. The van der Waals surface area contributed by atoms with E-state index in [0.717, 1.165) is 4.31 Å². The summed E-state index contributed by atoms with van der Waals surface area (Å²) in [4.78, 5) is 13.1. The number of nitrogens with zero attached hydrogens (tertiary/aromatic N) is 3. The number of hydrogen-bond acceptors (Lipinski definition) is 8. The van der Waals surface area contributed by atoms with Crippen molar-refractivity contribution in [1.82, 2.24) is 15.6 Å². The number of aromatic nitrogens is 2. The fraction of sp³-hybridized carbons (Fsp3) is 0.148. The number of nitrogens with one attached hydrogen (secondary N) is 2. The van der Waals surface area contributed by atoms with E-state index in [0.29, 0.717) is 50.3 Å². The number of ether oxygens (including phenoxy) is 3. The lowest BCUT2D eigenvalue weighted by Gasteiger charge is -2.29. The maximum atomic E-state index is 13.7. The first-order chi connectivity index (χ1) is 19.3. The van der Waals surface area contributed by atoms with Gasteiger partial charge in [-0.15, -0.1) is 0 Å². The van der Waals surface area contributed by atoms with Gasteiger partial charge in [0.15, 0.2) is 11.5 Å². The van der Waals surface area contributed by atoms with Gasteiger partial charge in [-0.05, 0) is 30.3 Å². The lowest BCUT2D eigenvalue weighted by molar-refractivity contribution is -0.119. The van der Waals surface area contributed by atoms with Gasteiger partial charge in [0.05, 0.1) is 38.1 Å². The number of amides is 1. The van der Waals surface area contributed by atoms with Crippen molar-refractivity contribution in [1.29, 1.82) is 0 Å². The molecule has 3 aromatic carbocycles. The van der Waals surface area contributed by atoms with Crippen molar-refractivity contribution >= 4 is 39.4 Å². The van der Waals surface area contributed by atoms with Crippen LogP contribution in [0.15, 0.2) is 70.7 Å². The number of anilines is 1. The summed E-state index contributed by atoms with van der Waals surface area (Å²) in [5, 5.41) is 11.8. The molecule has 0 spiro atoms. The summed E-state index contributed by atoms with van der Waals surface area (Å²) in [6.07, 6.45) is 1.38. The monoisotopic (exact) mass is 581 g/mol. The Morgan fingerprint density at radius 2 is 1.77 bits per heavy atom. The van der Waals surface area contributed by atoms with Gasteiger partial charge in [0.1, 0.15) is 17.9 Å². The van der Waals surface area contributed by atoms with Gasteiger partial charge in [0.25, 0.3) is 15.9 Å². The van der Waals surface area contributed by atoms with Crippen LogP contribution in [-0.4, -0.2) is 58.6 Å². The Labute approximate surface area is 235 Å². The van der Waals surface area contributed by atoms with Gasteiger partial charge in [0.2, 0.25) is 5.75 Å². The number of hydrogen-bond donors (Lipinski definition) is 2. The second-order valence-electron chi connectivity index (χ2n) is 8.57. The fourth-order valence-corrected chi connectivity index (χ4v) is 6.26. The van der Waals surface area contributed by atoms with Gasteiger partial charge in [0, 0.05) is 21.7 Å². The van der Waals surface area contributed by atoms with E-state index in [1.165, 1.54) is 33.6 Å². The van der Waals surface area contributed by atoms with Crippen molar-refractivity contribution in [2.75, 3.05) is 32.2 Å². The Bertz CT molecular complexity index is 1710. The number of carbonyl (C=O) groups excluding carboxylic acids is 1. The Morgan fingerprint density at radius 3 is 2.45 bits per heavy atom. The number of hydrazone groups is 1. The van der Waals surface area contributed by atoms with Crippen molar-refractivity contribution < 1.29 is 27.4 Å². The molecule has 2 heterocycles. The third-order valence-corrected chi connectivity index (χ3v) is 8.23. The van der Waals surface area contributed by atoms with Crippen LogP contribution in [0.25, 0.3) is 22.5 Å². The number of benzene rings is 3. The molecule has 1 aliphatic rings. The summed E-state index contributed by atoms with van der Waals surface area (Å²) in [6, 6.07) is 16.7. The Kier molecular flexibility index (Phi) is 7.37. The zero-order valence-corrected chi connectivity index (χ0v) is 23.2. The van der Waals surface area contributed by atoms with E-state index in [-0.39, 0.29) is 10.6 Å². The molecule has 11 nitrogen and oxygen atoms in total. The number of sulfonamides is 1. The molecule has 0 atom stereocenters. The Balaban J connectivity index is 1.47. The van der Waals surface area contributed by atoms with E-state index in [4.69, 9.17) is 25.8 Å². The first-order valence-corrected chi connectivity index (χ1v) is 13.7. The first-order valence-electron chi connectivity index (χ1n) is 11.9. The van der Waals surface area contributed by atoms with Crippen LogP contribution in [0, 0.1) is 0 Å². The van der Waals surface area contributed by atoms with Crippen LogP contribution in [0.4, 0.5) is 5.69 Å². The molecule has 0 saturated heterocycles. The van der Waals surface area contributed by atoms with Gasteiger partial charge in [-0.1, -0.05) is 41.9 Å². The molecule has 1 aliphatic heterocycles. The standard InChI is InChI=1S/C27H24ClN5O6S/c1-37-20-11-16(12-21(38-2)27(20)39-3)14-29-30-23(34)15-33-26-24(17-7-6-8-18(28)13-17)31-32-25(26)19-9-4-5-10-22(19)40(33,35)36/h4-14H,15H2,1-3H3,(H,30,34)(H,31,32)/b29-14+. The van der Waals surface area contributed by atoms with Gasteiger partial charge >= 0.3 is 0 Å². The van der Waals surface area contributed by atoms with Gasteiger partial charge in [-0.25, -0.2) is 13.8 Å². The largest absolute Gasteiger partial charge is 0.493 e. The summed E-state index contributed by atoms with van der Waals surface area (Å²) < 4.78 is 44.5. The highest BCUT2D eigenvalue weighted by Gasteiger charge is 2.39. The second-order valence-corrected chi connectivity index (χ2v) is 10.8.